The summed E-state index contributed by atoms with van der Waals surface area (Å²) in [6.45, 7) is 6.70. The van der Waals surface area contributed by atoms with Crippen molar-refractivity contribution in [2.75, 3.05) is 20.8 Å². The van der Waals surface area contributed by atoms with E-state index >= 15 is 0 Å². The predicted molar refractivity (Wildman–Crippen MR) is 112 cm³/mol. The number of quaternary nitrogens is 1. The molecule has 2 heterocycles. The Morgan fingerprint density at radius 1 is 1.03 bits per heavy atom. The summed E-state index contributed by atoms with van der Waals surface area (Å²) >= 11 is 5.70. The van der Waals surface area contributed by atoms with Gasteiger partial charge < -0.3 is 14.4 Å². The van der Waals surface area contributed by atoms with Crippen LogP contribution >= 0.6 is 12.2 Å². The van der Waals surface area contributed by atoms with Crippen molar-refractivity contribution in [3.8, 4) is 17.2 Å². The van der Waals surface area contributed by atoms with Crippen molar-refractivity contribution >= 4 is 12.2 Å². The minimum Gasteiger partial charge on any atom is -0.493 e. The number of hydrogen-bond donors (Lipinski definition) is 1. The van der Waals surface area contributed by atoms with Crippen LogP contribution in [0.1, 0.15) is 22.3 Å². The number of ether oxygens (including phenoxy) is 2. The second-order valence-corrected chi connectivity index (χ2v) is 7.84. The summed E-state index contributed by atoms with van der Waals surface area (Å²) in [6, 6.07) is 10.4. The van der Waals surface area contributed by atoms with Crippen molar-refractivity contribution in [2.24, 2.45) is 0 Å². The van der Waals surface area contributed by atoms with E-state index in [1.54, 1.807) is 18.9 Å². The van der Waals surface area contributed by atoms with Crippen LogP contribution in [0.15, 0.2) is 30.3 Å². The van der Waals surface area contributed by atoms with Crippen LogP contribution < -0.4 is 14.4 Å². The van der Waals surface area contributed by atoms with Gasteiger partial charge in [0.05, 0.1) is 26.5 Å². The monoisotopic (exact) mass is 412 g/mol. The predicted octanol–water partition coefficient (Wildman–Crippen LogP) is 2.03. The van der Waals surface area contributed by atoms with E-state index in [1.807, 2.05) is 10.7 Å². The van der Waals surface area contributed by atoms with Gasteiger partial charge in [-0.2, -0.15) is 9.36 Å². The zero-order valence-corrected chi connectivity index (χ0v) is 18.0. The average molecular weight is 413 g/mol. The minimum absolute atomic E-state index is 0.619. The lowest BCUT2D eigenvalue weighted by atomic mass is 9.99. The van der Waals surface area contributed by atoms with Gasteiger partial charge in [-0.1, -0.05) is 18.2 Å². The van der Waals surface area contributed by atoms with Crippen molar-refractivity contribution in [3.05, 3.63) is 57.4 Å². The van der Waals surface area contributed by atoms with E-state index in [4.69, 9.17) is 21.7 Å². The summed E-state index contributed by atoms with van der Waals surface area (Å²) in [6.07, 6.45) is 0.976. The molecule has 1 aliphatic heterocycles. The fourth-order valence-electron chi connectivity index (χ4n) is 4.03. The number of nitrogens with one attached hydrogen (secondary N) is 1. The van der Waals surface area contributed by atoms with Gasteiger partial charge in [-0.15, -0.1) is 0 Å². The minimum atomic E-state index is 0.619. The average Bonchev–Trinajstić information content (AvgIpc) is 3.07. The number of hydrogen-bond acceptors (Lipinski definition) is 5. The van der Waals surface area contributed by atoms with E-state index < -0.39 is 0 Å². The topological polar surface area (TPSA) is 58.5 Å². The first-order chi connectivity index (χ1) is 14.0. The molecule has 1 aliphatic rings. The highest BCUT2D eigenvalue weighted by molar-refractivity contribution is 7.71. The second kappa shape index (κ2) is 7.96. The number of para-hydroxylation sites is 1. The van der Waals surface area contributed by atoms with Crippen molar-refractivity contribution in [3.63, 3.8) is 0 Å². The molecule has 7 nitrogen and oxygen atoms in total. The zero-order valence-electron chi connectivity index (χ0n) is 17.2. The SMILES string of the molecule is COc1cc2c(cc1OC)C[NH+](Cn1nnn(-c3c(C)cccc3C)c1=S)CC2. The Bertz CT molecular complexity index is 1080. The summed E-state index contributed by atoms with van der Waals surface area (Å²) in [7, 11) is 3.34. The number of nitrogens with zero attached hydrogens (tertiary/aromatic N) is 4. The van der Waals surface area contributed by atoms with E-state index in [0.717, 1.165) is 47.8 Å². The Kier molecular flexibility index (Phi) is 5.38. The molecule has 0 aliphatic carbocycles. The lowest BCUT2D eigenvalue weighted by Gasteiger charge is -2.26. The van der Waals surface area contributed by atoms with E-state index in [9.17, 15) is 0 Å². The van der Waals surface area contributed by atoms with Crippen LogP contribution in [-0.4, -0.2) is 40.6 Å². The third-order valence-corrected chi connectivity index (χ3v) is 5.94. The van der Waals surface area contributed by atoms with Crippen molar-refractivity contribution < 1.29 is 14.4 Å². The van der Waals surface area contributed by atoms with Gasteiger partial charge in [0, 0.05) is 12.0 Å². The number of aromatic nitrogens is 4. The molecule has 29 heavy (non-hydrogen) atoms. The molecule has 1 atom stereocenters. The third kappa shape index (κ3) is 3.65. The Morgan fingerprint density at radius 3 is 2.34 bits per heavy atom. The third-order valence-electron chi connectivity index (χ3n) is 5.56. The molecule has 152 valence electrons. The van der Waals surface area contributed by atoms with Crippen LogP contribution in [0.25, 0.3) is 5.69 Å². The summed E-state index contributed by atoms with van der Waals surface area (Å²) in [5.74, 6) is 1.55. The Labute approximate surface area is 175 Å². The molecule has 0 saturated carbocycles. The molecule has 1 unspecified atom stereocenters. The molecule has 0 saturated heterocycles. The zero-order chi connectivity index (χ0) is 20.5. The van der Waals surface area contributed by atoms with Crippen molar-refractivity contribution in [2.45, 2.75) is 33.5 Å². The summed E-state index contributed by atoms with van der Waals surface area (Å²) in [5, 5.41) is 8.69. The van der Waals surface area contributed by atoms with Gasteiger partial charge in [0.2, 0.25) is 4.77 Å². The molecular weight excluding hydrogens is 386 g/mol. The standard InChI is InChI=1S/C21H25N5O2S/c1-14-6-5-7-15(2)20(14)26-21(29)25(22-23-26)13-24-9-8-16-10-18(27-3)19(28-4)11-17(16)12-24/h5-7,10-11H,8-9,12-13H2,1-4H3/p+1. The van der Waals surface area contributed by atoms with E-state index in [1.165, 1.54) is 16.0 Å². The van der Waals surface area contributed by atoms with Crippen LogP contribution in [0.4, 0.5) is 0 Å². The van der Waals surface area contributed by atoms with E-state index in [2.05, 4.69) is 48.5 Å². The van der Waals surface area contributed by atoms with Gasteiger partial charge in [-0.05, 0) is 65.3 Å². The van der Waals surface area contributed by atoms with Crippen LogP contribution in [0.5, 0.6) is 11.5 Å². The largest absolute Gasteiger partial charge is 0.493 e. The Hall–Kier alpha value is -2.71. The molecule has 3 aromatic rings. The van der Waals surface area contributed by atoms with Gasteiger partial charge in [-0.3, -0.25) is 0 Å². The molecule has 0 radical (unpaired) electrons. The van der Waals surface area contributed by atoms with Crippen LogP contribution in [0.3, 0.4) is 0 Å². The molecule has 4 rings (SSSR count). The van der Waals surface area contributed by atoms with Gasteiger partial charge in [-0.25, -0.2) is 0 Å². The Morgan fingerprint density at radius 2 is 1.69 bits per heavy atom. The normalized spacial score (nSPS) is 15.8. The first-order valence-corrected chi connectivity index (χ1v) is 10.1. The quantitative estimate of drug-likeness (QED) is 0.650. The molecule has 0 fully saturated rings. The van der Waals surface area contributed by atoms with Crippen LogP contribution in [-0.2, 0) is 19.6 Å². The molecule has 1 N–H and O–H groups in total. The lowest BCUT2D eigenvalue weighted by molar-refractivity contribution is -0.939. The fourth-order valence-corrected chi connectivity index (χ4v) is 4.26. The highest BCUT2D eigenvalue weighted by Crippen LogP contribution is 2.31. The highest BCUT2D eigenvalue weighted by atomic mass is 32.1. The summed E-state index contributed by atoms with van der Waals surface area (Å²) in [5.41, 5.74) is 5.87. The molecule has 0 spiro atoms. The summed E-state index contributed by atoms with van der Waals surface area (Å²) in [4.78, 5) is 1.38. The maximum Gasteiger partial charge on any atom is 0.225 e. The molecular formula is C21H26N5O2S+. The smallest absolute Gasteiger partial charge is 0.225 e. The number of rotatable bonds is 5. The number of methoxy groups -OCH3 is 2. The van der Waals surface area contributed by atoms with Gasteiger partial charge in [0.15, 0.2) is 18.2 Å². The first kappa shape index (κ1) is 19.6. The molecule has 2 aromatic carbocycles. The summed E-state index contributed by atoms with van der Waals surface area (Å²) < 4.78 is 15.1. The van der Waals surface area contributed by atoms with Crippen LogP contribution in [0.2, 0.25) is 0 Å². The number of aryl methyl sites for hydroxylation is 2. The molecule has 0 bridgehead atoms. The van der Waals surface area contributed by atoms with E-state index in [-0.39, 0.29) is 0 Å². The Balaban J connectivity index is 1.58. The molecule has 0 amide bonds. The van der Waals surface area contributed by atoms with Gasteiger partial charge in [0.25, 0.3) is 0 Å². The second-order valence-electron chi connectivity index (χ2n) is 7.47. The van der Waals surface area contributed by atoms with E-state index in [0.29, 0.717) is 11.4 Å². The van der Waals surface area contributed by atoms with Crippen LogP contribution in [0, 0.1) is 18.6 Å². The maximum atomic E-state index is 5.70. The lowest BCUT2D eigenvalue weighted by Crippen LogP contribution is -3.11. The fraction of sp³-hybridized carbons (Fsp3) is 0.381. The highest BCUT2D eigenvalue weighted by Gasteiger charge is 2.23. The van der Waals surface area contributed by atoms with Gasteiger partial charge in [0.1, 0.15) is 6.54 Å². The van der Waals surface area contributed by atoms with Crippen molar-refractivity contribution in [1.82, 2.24) is 19.8 Å². The molecule has 1 aromatic heterocycles. The molecule has 8 heteroatoms. The maximum absolute atomic E-state index is 5.70. The van der Waals surface area contributed by atoms with Gasteiger partial charge >= 0.3 is 0 Å². The number of fused-ring (bicyclic) bond motifs is 1. The van der Waals surface area contributed by atoms with Crippen molar-refractivity contribution in [1.29, 1.82) is 0 Å². The number of tetrazole rings is 1. The number of benzene rings is 2. The first-order valence-electron chi connectivity index (χ1n) is 9.68.